The maximum absolute atomic E-state index is 12.0. The lowest BCUT2D eigenvalue weighted by Crippen LogP contribution is -2.39. The predicted octanol–water partition coefficient (Wildman–Crippen LogP) is 0.582. The molecule has 1 aromatic heterocycles. The summed E-state index contributed by atoms with van der Waals surface area (Å²) in [6.45, 7) is -0.822. The third-order valence-corrected chi connectivity index (χ3v) is 3.52. The Balaban J connectivity index is 1.83. The molecule has 0 aliphatic heterocycles. The van der Waals surface area contributed by atoms with Gasteiger partial charge in [0.15, 0.2) is 12.8 Å². The summed E-state index contributed by atoms with van der Waals surface area (Å²) in [7, 11) is 2.91. The average Bonchev–Trinajstić information content (AvgIpc) is 2.66. The van der Waals surface area contributed by atoms with E-state index in [4.69, 9.17) is 9.47 Å². The first-order chi connectivity index (χ1) is 12.9. The van der Waals surface area contributed by atoms with E-state index in [9.17, 15) is 19.6 Å². The van der Waals surface area contributed by atoms with Crippen LogP contribution in [0.15, 0.2) is 48.7 Å². The second-order valence-corrected chi connectivity index (χ2v) is 5.52. The third-order valence-electron chi connectivity index (χ3n) is 3.52. The molecule has 2 amide bonds. The monoisotopic (exact) mass is 373 g/mol. The van der Waals surface area contributed by atoms with E-state index in [-0.39, 0.29) is 12.2 Å². The van der Waals surface area contributed by atoms with Crippen molar-refractivity contribution < 1.29 is 28.6 Å². The number of aromatic nitrogens is 1. The summed E-state index contributed by atoms with van der Waals surface area (Å²) in [6, 6.07) is 11.0. The molecule has 0 unspecified atom stereocenters. The highest BCUT2D eigenvalue weighted by Crippen LogP contribution is 2.16. The first kappa shape index (κ1) is 19.7. The Morgan fingerprint density at radius 1 is 1.19 bits per heavy atom. The van der Waals surface area contributed by atoms with Crippen LogP contribution in [0.4, 0.5) is 5.69 Å². The summed E-state index contributed by atoms with van der Waals surface area (Å²) < 4.78 is 10.2. The average molecular weight is 373 g/mol. The number of anilines is 1. The number of nitrogens with one attached hydrogen (secondary N) is 1. The van der Waals surface area contributed by atoms with Crippen LogP contribution in [0.2, 0.25) is 0 Å². The van der Waals surface area contributed by atoms with Crippen LogP contribution in [-0.4, -0.2) is 50.0 Å². The topological polar surface area (TPSA) is 112 Å². The Hall–Kier alpha value is -3.62. The fourth-order valence-corrected chi connectivity index (χ4v) is 2.10. The van der Waals surface area contributed by atoms with E-state index in [1.54, 1.807) is 24.3 Å². The maximum Gasteiger partial charge on any atom is 0.405 e. The van der Waals surface area contributed by atoms with Crippen molar-refractivity contribution in [1.29, 1.82) is 0 Å². The molecular weight excluding hydrogens is 354 g/mol. The molecule has 9 nitrogen and oxygen atoms in total. The molecule has 0 aliphatic carbocycles. The van der Waals surface area contributed by atoms with Gasteiger partial charge in [-0.2, -0.15) is 4.73 Å². The quantitative estimate of drug-likeness (QED) is 0.432. The second-order valence-electron chi connectivity index (χ2n) is 5.52. The molecule has 1 aromatic carbocycles. The largest absolute Gasteiger partial charge is 0.618 e. The lowest BCUT2D eigenvalue weighted by molar-refractivity contribution is -0.608. The molecule has 9 heteroatoms. The highest BCUT2D eigenvalue weighted by atomic mass is 16.5. The summed E-state index contributed by atoms with van der Waals surface area (Å²) in [4.78, 5) is 37.0. The molecular formula is C18H19N3O6. The van der Waals surface area contributed by atoms with E-state index in [2.05, 4.69) is 5.32 Å². The van der Waals surface area contributed by atoms with Gasteiger partial charge in [0.2, 0.25) is 5.91 Å². The Kier molecular flexibility index (Phi) is 6.70. The molecule has 0 radical (unpaired) electrons. The maximum atomic E-state index is 12.0. The molecule has 0 atom stereocenters. The lowest BCUT2D eigenvalue weighted by atomic mass is 10.3. The van der Waals surface area contributed by atoms with Gasteiger partial charge in [0, 0.05) is 30.9 Å². The van der Waals surface area contributed by atoms with Gasteiger partial charge in [0.05, 0.1) is 13.7 Å². The van der Waals surface area contributed by atoms with E-state index >= 15 is 0 Å². The highest BCUT2D eigenvalue weighted by molar-refractivity contribution is 5.95. The lowest BCUT2D eigenvalue weighted by Gasteiger charge is -2.16. The molecule has 1 N–H and O–H groups in total. The minimum atomic E-state index is -0.923. The molecule has 2 rings (SSSR count). The van der Waals surface area contributed by atoms with E-state index in [1.165, 1.54) is 32.4 Å². The highest BCUT2D eigenvalue weighted by Gasteiger charge is 2.20. The molecule has 1 heterocycles. The van der Waals surface area contributed by atoms with E-state index < -0.39 is 24.4 Å². The Morgan fingerprint density at radius 3 is 2.67 bits per heavy atom. The van der Waals surface area contributed by atoms with Crippen molar-refractivity contribution in [2.75, 3.05) is 32.6 Å². The van der Waals surface area contributed by atoms with Crippen LogP contribution >= 0.6 is 0 Å². The van der Waals surface area contributed by atoms with E-state index in [1.807, 2.05) is 0 Å². The van der Waals surface area contributed by atoms with Crippen molar-refractivity contribution in [1.82, 2.24) is 4.90 Å². The van der Waals surface area contributed by atoms with Crippen LogP contribution in [0.3, 0.4) is 0 Å². The van der Waals surface area contributed by atoms with Gasteiger partial charge in [-0.05, 0) is 18.2 Å². The van der Waals surface area contributed by atoms with Crippen LogP contribution in [0.25, 0.3) is 0 Å². The first-order valence-corrected chi connectivity index (χ1v) is 7.94. The Bertz CT molecular complexity index is 839. The number of likely N-dealkylation sites (N-methyl/N-ethyl adjacent to an activating group) is 1. The van der Waals surface area contributed by atoms with Gasteiger partial charge < -0.3 is 24.9 Å². The number of rotatable bonds is 7. The number of esters is 1. The van der Waals surface area contributed by atoms with E-state index in [0.29, 0.717) is 16.2 Å². The van der Waals surface area contributed by atoms with Crippen LogP contribution in [0, 0.1) is 5.21 Å². The third kappa shape index (κ3) is 5.70. The van der Waals surface area contributed by atoms with Crippen LogP contribution in [-0.2, 0) is 14.3 Å². The normalized spacial score (nSPS) is 10.0. The molecule has 0 saturated carbocycles. The van der Waals surface area contributed by atoms with Crippen molar-refractivity contribution in [3.8, 4) is 5.75 Å². The fraction of sp³-hybridized carbons (Fsp3) is 0.222. The van der Waals surface area contributed by atoms with Gasteiger partial charge in [0.25, 0.3) is 5.91 Å². The summed E-state index contributed by atoms with van der Waals surface area (Å²) in [5.74, 6) is -1.35. The number of amides is 2. The first-order valence-electron chi connectivity index (χ1n) is 7.94. The zero-order valence-corrected chi connectivity index (χ0v) is 14.9. The standard InChI is InChI=1S/C18H19N3O6/c1-20(11-16(22)19-13-6-5-7-14(10-13)26-2)17(23)12-27-18(24)15-8-3-4-9-21(15)25/h3-10H,11-12H2,1-2H3,(H,19,22). The molecule has 27 heavy (non-hydrogen) atoms. The van der Waals surface area contributed by atoms with Crippen molar-refractivity contribution in [3.63, 3.8) is 0 Å². The van der Waals surface area contributed by atoms with Gasteiger partial charge in [-0.15, -0.1) is 0 Å². The molecule has 0 bridgehead atoms. The van der Waals surface area contributed by atoms with Gasteiger partial charge in [-0.3, -0.25) is 9.59 Å². The van der Waals surface area contributed by atoms with E-state index in [0.717, 1.165) is 11.1 Å². The zero-order valence-electron chi connectivity index (χ0n) is 14.9. The Morgan fingerprint density at radius 2 is 1.96 bits per heavy atom. The summed E-state index contributed by atoms with van der Waals surface area (Å²) in [6.07, 6.45) is 1.15. The summed E-state index contributed by atoms with van der Waals surface area (Å²) in [5.41, 5.74) is 0.291. The minimum Gasteiger partial charge on any atom is -0.618 e. The molecule has 0 aliphatic rings. The van der Waals surface area contributed by atoms with Gasteiger partial charge >= 0.3 is 11.7 Å². The van der Waals surface area contributed by atoms with Gasteiger partial charge in [-0.25, -0.2) is 4.79 Å². The zero-order chi connectivity index (χ0) is 19.8. The molecule has 142 valence electrons. The van der Waals surface area contributed by atoms with Crippen LogP contribution in [0.1, 0.15) is 10.5 Å². The van der Waals surface area contributed by atoms with Crippen LogP contribution in [0.5, 0.6) is 5.75 Å². The molecule has 2 aromatic rings. The predicted molar refractivity (Wildman–Crippen MR) is 94.9 cm³/mol. The molecule has 0 spiro atoms. The number of ether oxygens (including phenoxy) is 2. The number of hydrogen-bond donors (Lipinski definition) is 1. The van der Waals surface area contributed by atoms with Crippen LogP contribution < -0.4 is 14.8 Å². The fourth-order valence-electron chi connectivity index (χ4n) is 2.10. The SMILES string of the molecule is COc1cccc(NC(=O)CN(C)C(=O)COC(=O)c2cccc[n+]2[O-])c1. The molecule has 0 fully saturated rings. The number of carbonyl (C=O) groups is 3. The smallest absolute Gasteiger partial charge is 0.405 e. The summed E-state index contributed by atoms with van der Waals surface area (Å²) in [5, 5.41) is 14.1. The van der Waals surface area contributed by atoms with Gasteiger partial charge in [0.1, 0.15) is 5.75 Å². The second kappa shape index (κ2) is 9.18. The number of methoxy groups -OCH3 is 1. The summed E-state index contributed by atoms with van der Waals surface area (Å²) >= 11 is 0. The van der Waals surface area contributed by atoms with Crippen molar-refractivity contribution in [2.24, 2.45) is 0 Å². The number of hydrogen-bond acceptors (Lipinski definition) is 6. The van der Waals surface area contributed by atoms with Crippen molar-refractivity contribution in [3.05, 3.63) is 59.6 Å². The minimum absolute atomic E-state index is 0.233. The number of benzene rings is 1. The number of carbonyl (C=O) groups excluding carboxylic acids is 3. The number of nitrogens with zero attached hydrogens (tertiary/aromatic N) is 2. The van der Waals surface area contributed by atoms with Gasteiger partial charge in [-0.1, -0.05) is 6.07 Å². The van der Waals surface area contributed by atoms with Crippen molar-refractivity contribution in [2.45, 2.75) is 0 Å². The number of pyridine rings is 1. The van der Waals surface area contributed by atoms with Crippen molar-refractivity contribution >= 4 is 23.5 Å². The Labute approximate surface area is 155 Å². The molecule has 0 saturated heterocycles.